The Hall–Kier alpha value is -0.448. The standard InChI is InChI=1S/C16H30NO3Si.BF4/c1-7-8-12-14-15-13(17(6)16(12)19-15)9-18-21(20-14,10(2)3)11(4)5;2-1(3,4)5/h10-12,14-16H,7-9H2,1-6H3;/q+1;-1/t12-,14-,15-,16-;/m1./s1. The lowest BCUT2D eigenvalue weighted by Gasteiger charge is -2.38. The fourth-order valence-electron chi connectivity index (χ4n) is 4.41. The molecule has 0 amide bonds. The smallest absolute Gasteiger partial charge is 0.418 e. The molecule has 152 valence electrons. The van der Waals surface area contributed by atoms with E-state index in [9.17, 15) is 17.3 Å². The summed E-state index contributed by atoms with van der Waals surface area (Å²) in [7, 11) is -6.06. The summed E-state index contributed by atoms with van der Waals surface area (Å²) in [6.45, 7) is 12.0. The SMILES string of the molecule is CCC[C@@H]1[C@H]2O[Si](C(C)C)(C(C)C)OCC3=[N+](C)[C@@H]1O[C@H]32.F[B-](F)(F)F. The van der Waals surface area contributed by atoms with E-state index in [1.807, 2.05) is 0 Å². The Kier molecular flexibility index (Phi) is 6.63. The summed E-state index contributed by atoms with van der Waals surface area (Å²) >= 11 is 0. The van der Waals surface area contributed by atoms with Crippen molar-refractivity contribution in [2.75, 3.05) is 13.7 Å². The Morgan fingerprint density at radius 3 is 2.15 bits per heavy atom. The molecule has 10 heteroatoms. The summed E-state index contributed by atoms with van der Waals surface area (Å²) in [6, 6.07) is 0. The van der Waals surface area contributed by atoms with Crippen molar-refractivity contribution in [3.05, 3.63) is 0 Å². The van der Waals surface area contributed by atoms with Crippen LogP contribution in [0.5, 0.6) is 0 Å². The van der Waals surface area contributed by atoms with Gasteiger partial charge in [-0.2, -0.15) is 0 Å². The van der Waals surface area contributed by atoms with Gasteiger partial charge in [0.05, 0.1) is 12.0 Å². The Bertz CT molecular complexity index is 530. The second-order valence-corrected chi connectivity index (χ2v) is 12.2. The van der Waals surface area contributed by atoms with E-state index < -0.39 is 15.8 Å². The number of nitrogens with zero attached hydrogens (tertiary/aromatic N) is 1. The van der Waals surface area contributed by atoms with Gasteiger partial charge in [-0.1, -0.05) is 41.0 Å². The zero-order valence-corrected chi connectivity index (χ0v) is 17.3. The van der Waals surface area contributed by atoms with Crippen LogP contribution < -0.4 is 0 Å². The number of ether oxygens (including phenoxy) is 1. The van der Waals surface area contributed by atoms with Gasteiger partial charge < -0.3 is 30.9 Å². The van der Waals surface area contributed by atoms with Crippen LogP contribution in [0.1, 0.15) is 47.5 Å². The highest BCUT2D eigenvalue weighted by Gasteiger charge is 2.64. The third-order valence-electron chi connectivity index (χ3n) is 5.53. The number of hydrogen-bond donors (Lipinski definition) is 0. The fourth-order valence-corrected chi connectivity index (χ4v) is 8.11. The molecule has 2 bridgehead atoms. The molecular formula is C16H30BF4NO3Si. The van der Waals surface area contributed by atoms with Crippen molar-refractivity contribution in [2.24, 2.45) is 5.92 Å². The first-order valence-electron chi connectivity index (χ1n) is 9.35. The zero-order chi connectivity index (χ0) is 19.9. The topological polar surface area (TPSA) is 30.7 Å². The van der Waals surface area contributed by atoms with Gasteiger partial charge in [-0.05, 0) is 17.5 Å². The van der Waals surface area contributed by atoms with Crippen LogP contribution in [-0.2, 0) is 13.6 Å². The molecule has 2 fully saturated rings. The van der Waals surface area contributed by atoms with Gasteiger partial charge in [-0.25, -0.2) is 4.58 Å². The lowest BCUT2D eigenvalue weighted by molar-refractivity contribution is -0.577. The van der Waals surface area contributed by atoms with Crippen LogP contribution in [0.15, 0.2) is 0 Å². The minimum atomic E-state index is -6.00. The molecule has 0 saturated carbocycles. The molecule has 3 aliphatic heterocycles. The molecule has 0 aliphatic carbocycles. The van der Waals surface area contributed by atoms with Crippen molar-refractivity contribution < 1.29 is 35.4 Å². The molecule has 2 saturated heterocycles. The molecule has 0 spiro atoms. The van der Waals surface area contributed by atoms with Crippen LogP contribution in [0.2, 0.25) is 11.1 Å². The maximum Gasteiger partial charge on any atom is 0.673 e. The van der Waals surface area contributed by atoms with Crippen molar-refractivity contribution in [1.29, 1.82) is 0 Å². The Morgan fingerprint density at radius 1 is 1.15 bits per heavy atom. The lowest BCUT2D eigenvalue weighted by Crippen LogP contribution is -2.52. The normalized spacial score (nSPS) is 32.8. The molecule has 3 rings (SSSR count). The van der Waals surface area contributed by atoms with Crippen molar-refractivity contribution in [3.8, 4) is 0 Å². The first-order valence-corrected chi connectivity index (χ1v) is 11.3. The molecule has 4 atom stereocenters. The van der Waals surface area contributed by atoms with E-state index in [4.69, 9.17) is 13.6 Å². The predicted octanol–water partition coefficient (Wildman–Crippen LogP) is 4.20. The minimum Gasteiger partial charge on any atom is -0.418 e. The Balaban J connectivity index is 0.000000431. The van der Waals surface area contributed by atoms with E-state index in [0.717, 1.165) is 0 Å². The molecule has 3 heterocycles. The van der Waals surface area contributed by atoms with Gasteiger partial charge in [0.1, 0.15) is 13.7 Å². The molecule has 3 aliphatic rings. The third-order valence-corrected chi connectivity index (χ3v) is 9.99. The highest BCUT2D eigenvalue weighted by atomic mass is 28.4. The summed E-state index contributed by atoms with van der Waals surface area (Å²) in [6.07, 6.45) is 2.88. The molecule has 0 aromatic carbocycles. The number of rotatable bonds is 4. The minimum absolute atomic E-state index is 0.128. The van der Waals surface area contributed by atoms with Gasteiger partial charge in [0, 0.05) is 0 Å². The highest BCUT2D eigenvalue weighted by Crippen LogP contribution is 2.46. The van der Waals surface area contributed by atoms with Gasteiger partial charge in [0.25, 0.3) is 6.23 Å². The first-order chi connectivity index (χ1) is 11.9. The molecule has 0 aromatic heterocycles. The maximum atomic E-state index is 9.75. The van der Waals surface area contributed by atoms with Gasteiger partial charge in [-0.3, -0.25) is 0 Å². The van der Waals surface area contributed by atoms with E-state index in [1.54, 1.807) is 0 Å². The van der Waals surface area contributed by atoms with Crippen molar-refractivity contribution in [2.45, 2.75) is 77.0 Å². The summed E-state index contributed by atoms with van der Waals surface area (Å²) in [5, 5.41) is 0. The molecule has 26 heavy (non-hydrogen) atoms. The quantitative estimate of drug-likeness (QED) is 0.403. The van der Waals surface area contributed by atoms with Crippen molar-refractivity contribution in [1.82, 2.24) is 0 Å². The summed E-state index contributed by atoms with van der Waals surface area (Å²) < 4.78 is 60.9. The van der Waals surface area contributed by atoms with Gasteiger partial charge in [-0.15, -0.1) is 0 Å². The van der Waals surface area contributed by atoms with E-state index in [1.165, 1.54) is 18.6 Å². The van der Waals surface area contributed by atoms with Gasteiger partial charge in [0.2, 0.25) is 5.71 Å². The average molecular weight is 399 g/mol. The summed E-state index contributed by atoms with van der Waals surface area (Å²) in [5.41, 5.74) is 2.22. The van der Waals surface area contributed by atoms with Crippen LogP contribution in [0.4, 0.5) is 17.3 Å². The van der Waals surface area contributed by atoms with Gasteiger partial charge in [0.15, 0.2) is 6.10 Å². The zero-order valence-electron chi connectivity index (χ0n) is 16.3. The van der Waals surface area contributed by atoms with Crippen LogP contribution in [-0.4, -0.2) is 58.2 Å². The molecule has 0 unspecified atom stereocenters. The Labute approximate surface area is 154 Å². The number of fused-ring (bicyclic) bond motifs is 1. The molecule has 0 aromatic rings. The fraction of sp³-hybridized carbons (Fsp3) is 0.938. The summed E-state index contributed by atoms with van der Waals surface area (Å²) in [5.74, 6) is 0.486. The van der Waals surface area contributed by atoms with E-state index in [-0.39, 0.29) is 18.4 Å². The van der Waals surface area contributed by atoms with E-state index >= 15 is 0 Å². The van der Waals surface area contributed by atoms with E-state index in [0.29, 0.717) is 23.6 Å². The third kappa shape index (κ3) is 4.18. The molecule has 0 N–H and O–H groups in total. The van der Waals surface area contributed by atoms with Crippen LogP contribution in [0, 0.1) is 5.92 Å². The van der Waals surface area contributed by atoms with E-state index in [2.05, 4.69) is 46.2 Å². The maximum absolute atomic E-state index is 9.75. The molecule has 4 nitrogen and oxygen atoms in total. The summed E-state index contributed by atoms with van der Waals surface area (Å²) in [4.78, 5) is 0. The monoisotopic (exact) mass is 399 g/mol. The Morgan fingerprint density at radius 2 is 1.69 bits per heavy atom. The average Bonchev–Trinajstić information content (AvgIpc) is 2.93. The highest BCUT2D eigenvalue weighted by molar-refractivity contribution is 6.70. The second-order valence-electron chi connectivity index (χ2n) is 7.90. The van der Waals surface area contributed by atoms with Crippen LogP contribution in [0.25, 0.3) is 0 Å². The lowest BCUT2D eigenvalue weighted by atomic mass is 9.90. The van der Waals surface area contributed by atoms with Crippen molar-refractivity contribution in [3.63, 3.8) is 0 Å². The van der Waals surface area contributed by atoms with Crippen LogP contribution >= 0.6 is 0 Å². The number of halogens is 4. The van der Waals surface area contributed by atoms with Gasteiger partial charge >= 0.3 is 15.8 Å². The largest absolute Gasteiger partial charge is 0.673 e. The van der Waals surface area contributed by atoms with Crippen LogP contribution in [0.3, 0.4) is 0 Å². The first kappa shape index (κ1) is 21.8. The van der Waals surface area contributed by atoms with Crippen molar-refractivity contribution >= 4 is 21.5 Å². The molecule has 0 radical (unpaired) electrons. The molecular weight excluding hydrogens is 369 g/mol. The predicted molar refractivity (Wildman–Crippen MR) is 95.2 cm³/mol. The number of hydrogen-bond acceptors (Lipinski definition) is 3. The second kappa shape index (κ2) is 7.89.